The van der Waals surface area contributed by atoms with E-state index < -0.39 is 0 Å². The van der Waals surface area contributed by atoms with Crippen molar-refractivity contribution in [2.75, 3.05) is 11.9 Å². The van der Waals surface area contributed by atoms with Gasteiger partial charge < -0.3 is 10.1 Å². The van der Waals surface area contributed by atoms with Gasteiger partial charge in [-0.15, -0.1) is 0 Å². The van der Waals surface area contributed by atoms with Gasteiger partial charge in [-0.25, -0.2) is 0 Å². The van der Waals surface area contributed by atoms with E-state index in [0.717, 1.165) is 22.4 Å². The maximum atomic E-state index is 6.10. The van der Waals surface area contributed by atoms with Gasteiger partial charge in [-0.1, -0.05) is 31.4 Å². The Balaban J connectivity index is 1.95. The molecule has 1 aromatic rings. The molecule has 0 radical (unpaired) electrons. The second kappa shape index (κ2) is 7.78. The lowest BCUT2D eigenvalue weighted by Crippen LogP contribution is -2.26. The minimum absolute atomic E-state index is 0.556. The minimum atomic E-state index is 0.556. The highest BCUT2D eigenvalue weighted by molar-refractivity contribution is 6.30. The molecular weight excluding hydrogens is 270 g/mol. The summed E-state index contributed by atoms with van der Waals surface area (Å²) < 4.78 is 5.67. The van der Waals surface area contributed by atoms with Gasteiger partial charge in [-0.05, 0) is 56.7 Å². The van der Waals surface area contributed by atoms with Gasteiger partial charge >= 0.3 is 0 Å². The van der Waals surface area contributed by atoms with Crippen LogP contribution in [0.25, 0.3) is 0 Å². The van der Waals surface area contributed by atoms with Crippen LogP contribution in [0.5, 0.6) is 5.75 Å². The van der Waals surface area contributed by atoms with Gasteiger partial charge in [0.05, 0.1) is 12.3 Å². The van der Waals surface area contributed by atoms with Gasteiger partial charge in [-0.2, -0.15) is 0 Å². The predicted molar refractivity (Wildman–Crippen MR) is 86.9 cm³/mol. The van der Waals surface area contributed by atoms with Crippen molar-refractivity contribution in [3.63, 3.8) is 0 Å². The molecule has 1 aliphatic rings. The van der Waals surface area contributed by atoms with Gasteiger partial charge in [-0.3, -0.25) is 0 Å². The number of hydrogen-bond acceptors (Lipinski definition) is 2. The third kappa shape index (κ3) is 4.31. The Morgan fingerprint density at radius 1 is 1.20 bits per heavy atom. The summed E-state index contributed by atoms with van der Waals surface area (Å²) in [4.78, 5) is 0. The molecule has 1 N–H and O–H groups in total. The van der Waals surface area contributed by atoms with Crippen molar-refractivity contribution < 1.29 is 4.74 Å². The second-order valence-corrected chi connectivity index (χ2v) is 6.16. The van der Waals surface area contributed by atoms with Crippen LogP contribution in [0.3, 0.4) is 0 Å². The van der Waals surface area contributed by atoms with Crippen LogP contribution in [0, 0.1) is 5.92 Å². The van der Waals surface area contributed by atoms with Crippen molar-refractivity contribution in [2.45, 2.75) is 58.4 Å². The Morgan fingerprint density at radius 2 is 1.95 bits per heavy atom. The fourth-order valence-electron chi connectivity index (χ4n) is 3.12. The maximum Gasteiger partial charge on any atom is 0.142 e. The maximum absolute atomic E-state index is 6.10. The van der Waals surface area contributed by atoms with E-state index in [9.17, 15) is 0 Å². The highest BCUT2D eigenvalue weighted by atomic mass is 35.5. The number of benzene rings is 1. The molecule has 20 heavy (non-hydrogen) atoms. The summed E-state index contributed by atoms with van der Waals surface area (Å²) in [5.74, 6) is 1.84. The smallest absolute Gasteiger partial charge is 0.142 e. The molecule has 0 aliphatic heterocycles. The van der Waals surface area contributed by atoms with Gasteiger partial charge in [0.15, 0.2) is 0 Å². The van der Waals surface area contributed by atoms with Crippen LogP contribution in [-0.4, -0.2) is 12.6 Å². The van der Waals surface area contributed by atoms with Crippen LogP contribution in [0.4, 0.5) is 5.69 Å². The van der Waals surface area contributed by atoms with E-state index in [1.807, 2.05) is 25.1 Å². The van der Waals surface area contributed by atoms with E-state index in [1.165, 1.54) is 38.5 Å². The van der Waals surface area contributed by atoms with Crippen molar-refractivity contribution in [2.24, 2.45) is 5.92 Å². The molecule has 0 saturated heterocycles. The molecule has 1 aromatic carbocycles. The fourth-order valence-corrected chi connectivity index (χ4v) is 3.29. The molecule has 0 spiro atoms. The van der Waals surface area contributed by atoms with E-state index in [1.54, 1.807) is 0 Å². The van der Waals surface area contributed by atoms with Crippen molar-refractivity contribution in [3.8, 4) is 5.75 Å². The average molecular weight is 296 g/mol. The summed E-state index contributed by atoms with van der Waals surface area (Å²) in [5.41, 5.74) is 1.04. The Labute approximate surface area is 127 Å². The number of halogens is 1. The highest BCUT2D eigenvalue weighted by Crippen LogP contribution is 2.33. The number of nitrogens with one attached hydrogen (secondary N) is 1. The molecule has 1 saturated carbocycles. The number of hydrogen-bond donors (Lipinski definition) is 1. The van der Waals surface area contributed by atoms with Gasteiger partial charge in [0.2, 0.25) is 0 Å². The molecular formula is C17H26ClNO. The third-order valence-electron chi connectivity index (χ3n) is 4.14. The van der Waals surface area contributed by atoms with Gasteiger partial charge in [0.1, 0.15) is 5.75 Å². The fraction of sp³-hybridized carbons (Fsp3) is 0.647. The zero-order valence-electron chi connectivity index (χ0n) is 12.6. The zero-order valence-corrected chi connectivity index (χ0v) is 13.4. The summed E-state index contributed by atoms with van der Waals surface area (Å²) in [5, 5.41) is 4.39. The Bertz CT molecular complexity index is 413. The van der Waals surface area contributed by atoms with Crippen LogP contribution in [0.15, 0.2) is 18.2 Å². The van der Waals surface area contributed by atoms with Gasteiger partial charge in [0.25, 0.3) is 0 Å². The van der Waals surface area contributed by atoms with Crippen LogP contribution in [0.1, 0.15) is 52.4 Å². The first-order chi connectivity index (χ1) is 9.72. The zero-order chi connectivity index (χ0) is 14.4. The molecule has 1 aliphatic carbocycles. The van der Waals surface area contributed by atoms with Crippen LogP contribution < -0.4 is 10.1 Å². The van der Waals surface area contributed by atoms with Gasteiger partial charge in [0, 0.05) is 11.1 Å². The van der Waals surface area contributed by atoms with E-state index in [-0.39, 0.29) is 0 Å². The van der Waals surface area contributed by atoms with Crippen LogP contribution >= 0.6 is 11.6 Å². The topological polar surface area (TPSA) is 21.3 Å². The summed E-state index contributed by atoms with van der Waals surface area (Å²) >= 11 is 6.10. The molecule has 0 amide bonds. The summed E-state index contributed by atoms with van der Waals surface area (Å²) in [6.07, 6.45) is 7.89. The lowest BCUT2D eigenvalue weighted by Gasteiger charge is -2.30. The van der Waals surface area contributed by atoms with E-state index >= 15 is 0 Å². The molecule has 0 unspecified atom stereocenters. The SMILES string of the molecule is CCCC1CCC(Nc2cc(Cl)ccc2OCC)CC1. The van der Waals surface area contributed by atoms with Crippen molar-refractivity contribution in [1.82, 2.24) is 0 Å². The molecule has 2 nitrogen and oxygen atoms in total. The number of rotatable bonds is 6. The quantitative estimate of drug-likeness (QED) is 0.747. The Morgan fingerprint density at radius 3 is 2.60 bits per heavy atom. The van der Waals surface area contributed by atoms with E-state index in [0.29, 0.717) is 12.6 Å². The first-order valence-corrected chi connectivity index (χ1v) is 8.29. The molecule has 0 heterocycles. The van der Waals surface area contributed by atoms with Crippen LogP contribution in [0.2, 0.25) is 5.02 Å². The van der Waals surface area contributed by atoms with Crippen molar-refractivity contribution in [3.05, 3.63) is 23.2 Å². The molecule has 3 heteroatoms. The standard InChI is InChI=1S/C17H26ClNO/c1-3-5-13-6-9-15(10-7-13)19-16-12-14(18)8-11-17(16)20-4-2/h8,11-13,15,19H,3-7,9-10H2,1-2H3. The number of ether oxygens (including phenoxy) is 1. The average Bonchev–Trinajstić information content (AvgIpc) is 2.44. The summed E-state index contributed by atoms with van der Waals surface area (Å²) in [6, 6.07) is 6.37. The molecule has 112 valence electrons. The first kappa shape index (κ1) is 15.5. The molecule has 0 atom stereocenters. The largest absolute Gasteiger partial charge is 0.492 e. The second-order valence-electron chi connectivity index (χ2n) is 5.72. The highest BCUT2D eigenvalue weighted by Gasteiger charge is 2.21. The van der Waals surface area contributed by atoms with E-state index in [4.69, 9.17) is 16.3 Å². The third-order valence-corrected chi connectivity index (χ3v) is 4.38. The molecule has 0 aromatic heterocycles. The summed E-state index contributed by atoms with van der Waals surface area (Å²) in [6.45, 7) is 4.97. The minimum Gasteiger partial charge on any atom is -0.492 e. The van der Waals surface area contributed by atoms with Crippen molar-refractivity contribution in [1.29, 1.82) is 0 Å². The molecule has 2 rings (SSSR count). The molecule has 0 bridgehead atoms. The first-order valence-electron chi connectivity index (χ1n) is 7.91. The molecule has 1 fully saturated rings. The number of anilines is 1. The normalized spacial score (nSPS) is 22.6. The Hall–Kier alpha value is -0.890. The Kier molecular flexibility index (Phi) is 6.03. The van der Waals surface area contributed by atoms with Crippen LogP contribution in [-0.2, 0) is 0 Å². The summed E-state index contributed by atoms with van der Waals surface area (Å²) in [7, 11) is 0. The lowest BCUT2D eigenvalue weighted by molar-refractivity contribution is 0.316. The van der Waals surface area contributed by atoms with E-state index in [2.05, 4.69) is 12.2 Å². The van der Waals surface area contributed by atoms with Crippen molar-refractivity contribution >= 4 is 17.3 Å². The monoisotopic (exact) mass is 295 g/mol. The lowest BCUT2D eigenvalue weighted by atomic mass is 9.83. The predicted octanol–water partition coefficient (Wildman–Crippen LogP) is 5.51.